The molecule has 0 saturated heterocycles. The van der Waals surface area contributed by atoms with Crippen LogP contribution >= 0.6 is 0 Å². The van der Waals surface area contributed by atoms with Crippen LogP contribution in [-0.4, -0.2) is 98.6 Å². The van der Waals surface area contributed by atoms with Gasteiger partial charge in [0.2, 0.25) is 0 Å². The minimum absolute atomic E-state index is 0.0204. The molecule has 282 valence electrons. The van der Waals surface area contributed by atoms with E-state index in [2.05, 4.69) is 0 Å². The van der Waals surface area contributed by atoms with Crippen molar-refractivity contribution in [3.8, 4) is 0 Å². The molecule has 0 N–H and O–H groups in total. The average Bonchev–Trinajstić information content (AvgIpc) is 3.77. The molecule has 0 amide bonds. The second kappa shape index (κ2) is 15.8. The Morgan fingerprint density at radius 1 is 0.440 bits per heavy atom. The highest BCUT2D eigenvalue weighted by molar-refractivity contribution is 6.06. The maximum atomic E-state index is 14.6. The molecule has 0 aromatic carbocycles. The first-order valence-corrected chi connectivity index (χ1v) is 16.6. The topological polar surface area (TPSA) is 210 Å². The third kappa shape index (κ3) is 7.02. The summed E-state index contributed by atoms with van der Waals surface area (Å²) in [6.07, 6.45) is -5.99. The summed E-state index contributed by atoms with van der Waals surface area (Å²) in [5, 5.41) is 0. The summed E-state index contributed by atoms with van der Waals surface area (Å²) in [7, 11) is 0. The van der Waals surface area contributed by atoms with Gasteiger partial charge in [-0.3, -0.25) is 19.2 Å². The van der Waals surface area contributed by atoms with Crippen molar-refractivity contribution in [2.45, 2.75) is 108 Å². The van der Waals surface area contributed by atoms with Crippen LogP contribution < -0.4 is 0 Å². The predicted molar refractivity (Wildman–Crippen MR) is 168 cm³/mol. The Morgan fingerprint density at radius 3 is 0.880 bits per heavy atom. The lowest BCUT2D eigenvalue weighted by Crippen LogP contribution is -2.47. The van der Waals surface area contributed by atoms with E-state index in [4.69, 9.17) is 37.9 Å². The second-order valence-corrected chi connectivity index (χ2v) is 13.2. The van der Waals surface area contributed by atoms with Crippen molar-refractivity contribution in [3.63, 3.8) is 0 Å². The smallest absolute Gasteiger partial charge is 0.347 e. The molecule has 2 saturated carbocycles. The van der Waals surface area contributed by atoms with E-state index in [1.54, 1.807) is 13.8 Å². The van der Waals surface area contributed by atoms with E-state index < -0.39 is 106 Å². The van der Waals surface area contributed by atoms with Crippen LogP contribution in [0.4, 0.5) is 0 Å². The first-order valence-electron chi connectivity index (χ1n) is 16.6. The van der Waals surface area contributed by atoms with Crippen molar-refractivity contribution in [2.75, 3.05) is 26.4 Å². The van der Waals surface area contributed by atoms with Gasteiger partial charge in [-0.05, 0) is 66.2 Å². The van der Waals surface area contributed by atoms with Gasteiger partial charge >= 0.3 is 47.8 Å². The van der Waals surface area contributed by atoms with Crippen LogP contribution in [0.25, 0.3) is 0 Å². The lowest BCUT2D eigenvalue weighted by atomic mass is 9.73. The molecule has 2 fully saturated rings. The molecule has 2 aliphatic carbocycles. The number of hydrogen-bond donors (Lipinski definition) is 0. The SMILES string of the molecule is CCOC(=O)[C@@H](C)OC(=O)C1C(C)(C)[C@]1(C(=O)O[C@H](C)C(=O)OCC)[C@]1(C(=O)O[C@H](C)C(=O)OCC)C(C(=O)O[C@H](C)C(=O)OCC)C1(C)C. The van der Waals surface area contributed by atoms with E-state index in [-0.39, 0.29) is 26.4 Å². The van der Waals surface area contributed by atoms with Gasteiger partial charge in [-0.2, -0.15) is 0 Å². The number of carbonyl (C=O) groups is 8. The Bertz CT molecular complexity index is 1260. The maximum absolute atomic E-state index is 14.6. The summed E-state index contributed by atoms with van der Waals surface area (Å²) < 4.78 is 41.9. The van der Waals surface area contributed by atoms with Gasteiger partial charge in [-0.25, -0.2) is 19.2 Å². The van der Waals surface area contributed by atoms with Gasteiger partial charge in [-0.1, -0.05) is 27.7 Å². The minimum atomic E-state index is -2.35. The number of rotatable bonds is 17. The monoisotopic (exact) mass is 714 g/mol. The summed E-state index contributed by atoms with van der Waals surface area (Å²) in [5.41, 5.74) is -7.90. The van der Waals surface area contributed by atoms with Gasteiger partial charge in [0, 0.05) is 0 Å². The highest BCUT2D eigenvalue weighted by Crippen LogP contribution is 2.90. The zero-order valence-corrected chi connectivity index (χ0v) is 30.8. The van der Waals surface area contributed by atoms with Crippen LogP contribution in [0.2, 0.25) is 0 Å². The van der Waals surface area contributed by atoms with E-state index >= 15 is 0 Å². The number of esters is 8. The Balaban J connectivity index is 2.87. The zero-order chi connectivity index (χ0) is 38.6. The average molecular weight is 715 g/mol. The van der Waals surface area contributed by atoms with Crippen LogP contribution in [0, 0.1) is 33.5 Å². The summed E-state index contributed by atoms with van der Waals surface area (Å²) in [6, 6.07) is 0. The van der Waals surface area contributed by atoms with Crippen molar-refractivity contribution < 1.29 is 76.3 Å². The molecular formula is C34H50O16. The minimum Gasteiger partial charge on any atom is -0.463 e. The summed E-state index contributed by atoms with van der Waals surface area (Å²) in [4.78, 5) is 107. The molecule has 0 heterocycles. The van der Waals surface area contributed by atoms with Crippen LogP contribution in [0.1, 0.15) is 83.1 Å². The molecule has 0 aromatic heterocycles. The number of ether oxygens (including phenoxy) is 8. The Kier molecular flexibility index (Phi) is 13.2. The van der Waals surface area contributed by atoms with Crippen LogP contribution in [0.15, 0.2) is 0 Å². The van der Waals surface area contributed by atoms with Gasteiger partial charge in [0.15, 0.2) is 24.4 Å². The quantitative estimate of drug-likeness (QED) is 0.156. The van der Waals surface area contributed by atoms with Crippen LogP contribution in [-0.2, 0) is 76.3 Å². The summed E-state index contributed by atoms with van der Waals surface area (Å²) in [6.45, 7) is 16.7. The molecule has 2 rings (SSSR count). The van der Waals surface area contributed by atoms with E-state index in [1.165, 1.54) is 69.2 Å². The van der Waals surface area contributed by atoms with Crippen molar-refractivity contribution in [1.29, 1.82) is 0 Å². The molecule has 50 heavy (non-hydrogen) atoms. The molecular weight excluding hydrogens is 664 g/mol. The summed E-state index contributed by atoms with van der Waals surface area (Å²) >= 11 is 0. The molecule has 0 spiro atoms. The highest BCUT2D eigenvalue weighted by Gasteiger charge is 3.01. The molecule has 16 nitrogen and oxygen atoms in total. The van der Waals surface area contributed by atoms with Gasteiger partial charge in [0.25, 0.3) is 0 Å². The molecule has 8 atom stereocenters. The van der Waals surface area contributed by atoms with Crippen molar-refractivity contribution in [3.05, 3.63) is 0 Å². The van der Waals surface area contributed by atoms with Crippen LogP contribution in [0.5, 0.6) is 0 Å². The van der Waals surface area contributed by atoms with Gasteiger partial charge in [0.05, 0.1) is 38.3 Å². The molecule has 2 aliphatic rings. The highest BCUT2D eigenvalue weighted by atomic mass is 16.6. The van der Waals surface area contributed by atoms with E-state index in [0.717, 1.165) is 0 Å². The van der Waals surface area contributed by atoms with Crippen molar-refractivity contribution >= 4 is 47.8 Å². The first-order chi connectivity index (χ1) is 23.1. The van der Waals surface area contributed by atoms with E-state index in [0.29, 0.717) is 0 Å². The van der Waals surface area contributed by atoms with Gasteiger partial charge in [0.1, 0.15) is 10.8 Å². The Labute approximate surface area is 291 Å². The fourth-order valence-electron chi connectivity index (χ4n) is 7.25. The van der Waals surface area contributed by atoms with Crippen molar-refractivity contribution in [2.24, 2.45) is 33.5 Å². The molecule has 0 radical (unpaired) electrons. The molecule has 0 aromatic rings. The van der Waals surface area contributed by atoms with Gasteiger partial charge in [-0.15, -0.1) is 0 Å². The zero-order valence-electron chi connectivity index (χ0n) is 30.8. The fraction of sp³-hybridized carbons (Fsp3) is 0.765. The van der Waals surface area contributed by atoms with Gasteiger partial charge < -0.3 is 37.9 Å². The largest absolute Gasteiger partial charge is 0.463 e. The number of hydrogen-bond acceptors (Lipinski definition) is 16. The molecule has 0 aliphatic heterocycles. The fourth-order valence-corrected chi connectivity index (χ4v) is 7.25. The summed E-state index contributed by atoms with van der Waals surface area (Å²) in [5.74, 6) is -11.6. The number of carbonyl (C=O) groups excluding carboxylic acids is 8. The molecule has 2 unspecified atom stereocenters. The molecule has 16 heteroatoms. The maximum Gasteiger partial charge on any atom is 0.347 e. The van der Waals surface area contributed by atoms with E-state index in [9.17, 15) is 38.4 Å². The third-order valence-electron chi connectivity index (χ3n) is 9.54. The first kappa shape index (κ1) is 41.9. The lowest BCUT2D eigenvalue weighted by molar-refractivity contribution is -0.186. The Hall–Kier alpha value is -4.24. The van der Waals surface area contributed by atoms with Crippen LogP contribution in [0.3, 0.4) is 0 Å². The Morgan fingerprint density at radius 2 is 0.660 bits per heavy atom. The lowest BCUT2D eigenvalue weighted by Gasteiger charge is -2.32. The van der Waals surface area contributed by atoms with E-state index in [1.807, 2.05) is 0 Å². The molecule has 0 bridgehead atoms. The third-order valence-corrected chi connectivity index (χ3v) is 9.54. The normalized spacial score (nSPS) is 26.3. The predicted octanol–water partition coefficient (Wildman–Crippen LogP) is 2.25. The van der Waals surface area contributed by atoms with Crippen molar-refractivity contribution in [1.82, 2.24) is 0 Å². The standard InChI is InChI=1S/C34H50O16/c1-13-43-23(35)17(5)47-27(39)21-31(9,10)33(21,29(41)49-19(7)25(37)45-15-3)34(30(42)50-20(8)26(38)46-16-4)22(32(34,11)12)28(40)48-18(6)24(36)44-14-2/h17-22H,13-16H2,1-12H3/t17-,18-,19-,20-,21?,22?,33+,34+/m1/s1. The second-order valence-electron chi connectivity index (χ2n) is 13.2.